The summed E-state index contributed by atoms with van der Waals surface area (Å²) < 4.78 is 72.7. The Morgan fingerprint density at radius 1 is 1.25 bits per heavy atom. The minimum Gasteiger partial charge on any atom is -0.484 e. The van der Waals surface area contributed by atoms with Gasteiger partial charge in [-0.2, -0.15) is 13.2 Å². The van der Waals surface area contributed by atoms with Gasteiger partial charge < -0.3 is 23.8 Å². The normalized spacial score (nSPS) is 16.1. The number of ether oxygens (including phenoxy) is 4. The first kappa shape index (κ1) is 29.3. The SMILES string of the molecule is Cc1c(OCC(F)(F)F)ccnc1C[S@@](=O)c1nc2ccccc2n1C(=O)N(C)CCOC(=O)OC1CCOC1. The van der Waals surface area contributed by atoms with Gasteiger partial charge in [-0.15, -0.1) is 0 Å². The number of nitrogens with zero attached hydrogens (tertiary/aromatic N) is 4. The third-order valence-electron chi connectivity index (χ3n) is 5.97. The van der Waals surface area contributed by atoms with E-state index in [1.54, 1.807) is 24.3 Å². The molecule has 0 bridgehead atoms. The zero-order valence-electron chi connectivity index (χ0n) is 21.7. The van der Waals surface area contributed by atoms with Gasteiger partial charge in [-0.1, -0.05) is 12.1 Å². The summed E-state index contributed by atoms with van der Waals surface area (Å²) in [6.45, 7) is 0.706. The zero-order valence-corrected chi connectivity index (χ0v) is 22.5. The highest BCUT2D eigenvalue weighted by Gasteiger charge is 2.29. The van der Waals surface area contributed by atoms with Crippen LogP contribution in [0.2, 0.25) is 0 Å². The highest BCUT2D eigenvalue weighted by molar-refractivity contribution is 7.84. The third-order valence-corrected chi connectivity index (χ3v) is 7.18. The van der Waals surface area contributed by atoms with Gasteiger partial charge in [-0.3, -0.25) is 9.19 Å². The van der Waals surface area contributed by atoms with Gasteiger partial charge in [-0.05, 0) is 25.1 Å². The molecule has 0 radical (unpaired) electrons. The molecule has 3 heterocycles. The number of halogens is 3. The molecule has 0 spiro atoms. The standard InChI is InChI=1S/C25H27F3N4O7S/c1-16-19(29-9-7-21(16)38-15-25(26,27)28)14-40(35)22-30-18-5-3-4-6-20(18)32(22)23(33)31(2)10-12-37-24(34)39-17-8-11-36-13-17/h3-7,9,17H,8,10-15H2,1-2H3/t17?,40-/m1/s1. The van der Waals surface area contributed by atoms with E-state index in [1.807, 2.05) is 0 Å². The van der Waals surface area contributed by atoms with Crippen LogP contribution < -0.4 is 4.74 Å². The molecule has 1 aliphatic heterocycles. The van der Waals surface area contributed by atoms with Crippen molar-refractivity contribution in [3.05, 3.63) is 47.8 Å². The Morgan fingerprint density at radius 3 is 2.75 bits per heavy atom. The Morgan fingerprint density at radius 2 is 2.02 bits per heavy atom. The van der Waals surface area contributed by atoms with Crippen LogP contribution >= 0.6 is 0 Å². The van der Waals surface area contributed by atoms with E-state index in [-0.39, 0.29) is 41.6 Å². The van der Waals surface area contributed by atoms with E-state index in [9.17, 15) is 27.0 Å². The predicted octanol–water partition coefficient (Wildman–Crippen LogP) is 3.83. The van der Waals surface area contributed by atoms with Crippen molar-refractivity contribution in [1.29, 1.82) is 0 Å². The Labute approximate surface area is 229 Å². The molecular weight excluding hydrogens is 557 g/mol. The van der Waals surface area contributed by atoms with E-state index in [1.165, 1.54) is 35.7 Å². The lowest BCUT2D eigenvalue weighted by molar-refractivity contribution is -0.153. The Bertz CT molecular complexity index is 1390. The van der Waals surface area contributed by atoms with Crippen LogP contribution in [0.1, 0.15) is 17.7 Å². The van der Waals surface area contributed by atoms with E-state index >= 15 is 0 Å². The fourth-order valence-electron chi connectivity index (χ4n) is 3.86. The lowest BCUT2D eigenvalue weighted by Gasteiger charge is -2.19. The molecule has 2 atom stereocenters. The number of hydrogen-bond acceptors (Lipinski definition) is 9. The quantitative estimate of drug-likeness (QED) is 0.346. The number of amides is 1. The predicted molar refractivity (Wildman–Crippen MR) is 135 cm³/mol. The fourth-order valence-corrected chi connectivity index (χ4v) is 5.11. The monoisotopic (exact) mass is 584 g/mol. The lowest BCUT2D eigenvalue weighted by Crippen LogP contribution is -2.35. The van der Waals surface area contributed by atoms with Gasteiger partial charge in [-0.25, -0.2) is 19.1 Å². The summed E-state index contributed by atoms with van der Waals surface area (Å²) in [5.74, 6) is -0.266. The van der Waals surface area contributed by atoms with Crippen molar-refractivity contribution in [3.8, 4) is 5.75 Å². The molecule has 1 aliphatic rings. The molecule has 1 aromatic carbocycles. The van der Waals surface area contributed by atoms with Crippen LogP contribution in [0.25, 0.3) is 11.0 Å². The second kappa shape index (κ2) is 12.6. The summed E-state index contributed by atoms with van der Waals surface area (Å²) in [4.78, 5) is 35.1. The third kappa shape index (κ3) is 7.27. The van der Waals surface area contributed by atoms with Crippen LogP contribution in [-0.2, 0) is 30.8 Å². The maximum Gasteiger partial charge on any atom is 0.508 e. The summed E-state index contributed by atoms with van der Waals surface area (Å²) in [6.07, 6.45) is -3.90. The van der Waals surface area contributed by atoms with E-state index < -0.39 is 35.8 Å². The first-order valence-electron chi connectivity index (χ1n) is 12.2. The van der Waals surface area contributed by atoms with Gasteiger partial charge in [0, 0.05) is 25.2 Å². The minimum atomic E-state index is -4.52. The van der Waals surface area contributed by atoms with E-state index in [2.05, 4.69) is 9.97 Å². The second-order valence-corrected chi connectivity index (χ2v) is 10.2. The smallest absolute Gasteiger partial charge is 0.484 e. The molecule has 11 nitrogen and oxygen atoms in total. The van der Waals surface area contributed by atoms with Gasteiger partial charge in [0.2, 0.25) is 5.16 Å². The minimum absolute atomic E-state index is 0.00688. The molecule has 1 fully saturated rings. The molecule has 1 unspecified atom stereocenters. The molecule has 1 saturated heterocycles. The van der Waals surface area contributed by atoms with Crippen molar-refractivity contribution < 1.29 is 45.9 Å². The molecular formula is C25H27F3N4O7S. The molecule has 0 N–H and O–H groups in total. The van der Waals surface area contributed by atoms with Crippen LogP contribution in [0, 0.1) is 6.92 Å². The summed E-state index contributed by atoms with van der Waals surface area (Å²) in [5, 5.41) is -0.0672. The van der Waals surface area contributed by atoms with Crippen molar-refractivity contribution >= 4 is 34.0 Å². The number of para-hydroxylation sites is 2. The molecule has 2 aromatic heterocycles. The molecule has 0 aliphatic carbocycles. The Balaban J connectivity index is 1.48. The largest absolute Gasteiger partial charge is 0.508 e. The Hall–Kier alpha value is -3.72. The molecule has 1 amide bonds. The van der Waals surface area contributed by atoms with Crippen molar-refractivity contribution in [2.24, 2.45) is 0 Å². The molecule has 40 heavy (non-hydrogen) atoms. The first-order chi connectivity index (χ1) is 19.0. The van der Waals surface area contributed by atoms with Gasteiger partial charge >= 0.3 is 18.4 Å². The number of imidazole rings is 1. The summed E-state index contributed by atoms with van der Waals surface area (Å²) in [5.41, 5.74) is 1.34. The number of aromatic nitrogens is 3. The van der Waals surface area contributed by atoms with Crippen molar-refractivity contribution in [1.82, 2.24) is 19.4 Å². The first-order valence-corrected chi connectivity index (χ1v) is 13.5. The molecule has 0 saturated carbocycles. The summed E-state index contributed by atoms with van der Waals surface area (Å²) in [7, 11) is -0.442. The number of fused-ring (bicyclic) bond motifs is 1. The van der Waals surface area contributed by atoms with Crippen LogP contribution in [0.4, 0.5) is 22.8 Å². The fraction of sp³-hybridized carbons (Fsp3) is 0.440. The molecule has 216 valence electrons. The Kier molecular flexibility index (Phi) is 9.25. The summed E-state index contributed by atoms with van der Waals surface area (Å²) in [6, 6.07) is 7.41. The van der Waals surface area contributed by atoms with Crippen LogP contribution in [0.15, 0.2) is 41.7 Å². The molecule has 4 rings (SSSR count). The second-order valence-electron chi connectivity index (χ2n) is 8.90. The zero-order chi connectivity index (χ0) is 28.9. The van der Waals surface area contributed by atoms with E-state index in [0.29, 0.717) is 36.2 Å². The number of carbonyl (C=O) groups is 2. The van der Waals surface area contributed by atoms with Crippen molar-refractivity contribution in [3.63, 3.8) is 0 Å². The number of alkyl halides is 3. The number of benzene rings is 1. The van der Waals surface area contributed by atoms with Crippen LogP contribution in [0.3, 0.4) is 0 Å². The summed E-state index contributed by atoms with van der Waals surface area (Å²) >= 11 is 0. The van der Waals surface area contributed by atoms with Gasteiger partial charge in [0.15, 0.2) is 6.61 Å². The van der Waals surface area contributed by atoms with Crippen LogP contribution in [-0.4, -0.2) is 88.1 Å². The maximum absolute atomic E-state index is 13.5. The highest BCUT2D eigenvalue weighted by Crippen LogP contribution is 2.26. The molecule has 3 aromatic rings. The average Bonchev–Trinajstić information content (AvgIpc) is 3.56. The number of carbonyl (C=O) groups excluding carboxylic acids is 2. The van der Waals surface area contributed by atoms with E-state index in [4.69, 9.17) is 18.9 Å². The number of likely N-dealkylation sites (N-methyl/N-ethyl adjacent to an activating group) is 1. The van der Waals surface area contributed by atoms with Gasteiger partial charge in [0.1, 0.15) is 18.5 Å². The number of hydrogen-bond donors (Lipinski definition) is 0. The van der Waals surface area contributed by atoms with Gasteiger partial charge in [0.25, 0.3) is 0 Å². The number of pyridine rings is 1. The maximum atomic E-state index is 13.5. The van der Waals surface area contributed by atoms with Crippen molar-refractivity contribution in [2.45, 2.75) is 36.5 Å². The van der Waals surface area contributed by atoms with Crippen molar-refractivity contribution in [2.75, 3.05) is 40.0 Å². The lowest BCUT2D eigenvalue weighted by atomic mass is 10.2. The molecule has 15 heteroatoms. The number of rotatable bonds is 9. The highest BCUT2D eigenvalue weighted by atomic mass is 32.2. The van der Waals surface area contributed by atoms with Gasteiger partial charge in [0.05, 0.1) is 53.0 Å². The topological polar surface area (TPSA) is 122 Å². The average molecular weight is 585 g/mol. The van der Waals surface area contributed by atoms with E-state index in [0.717, 1.165) is 0 Å². The van der Waals surface area contributed by atoms with Crippen LogP contribution in [0.5, 0.6) is 5.75 Å².